The summed E-state index contributed by atoms with van der Waals surface area (Å²) in [6.07, 6.45) is 6.74. The van der Waals surface area contributed by atoms with Gasteiger partial charge in [-0.05, 0) is 42.9 Å². The lowest BCUT2D eigenvalue weighted by molar-refractivity contribution is -0.118. The number of hydrogen-bond acceptors (Lipinski definition) is 7. The molecular formula is C20H24N2O5S2. The molecule has 1 aromatic carbocycles. The molecule has 3 N–H and O–H groups in total. The van der Waals surface area contributed by atoms with Crippen molar-refractivity contribution in [3.63, 3.8) is 0 Å². The predicted octanol–water partition coefficient (Wildman–Crippen LogP) is 2.65. The monoisotopic (exact) mass is 436 g/mol. The van der Waals surface area contributed by atoms with Crippen molar-refractivity contribution in [3.8, 4) is 0 Å². The number of aliphatic hydroxyl groups is 2. The van der Waals surface area contributed by atoms with E-state index in [0.29, 0.717) is 23.2 Å². The van der Waals surface area contributed by atoms with Gasteiger partial charge < -0.3 is 15.5 Å². The molecular weight excluding hydrogens is 412 g/mol. The molecule has 0 spiro atoms. The highest BCUT2D eigenvalue weighted by molar-refractivity contribution is 7.90. The van der Waals surface area contributed by atoms with Gasteiger partial charge in [-0.25, -0.2) is 13.4 Å². The van der Waals surface area contributed by atoms with Crippen molar-refractivity contribution < 1.29 is 23.4 Å². The Balaban J connectivity index is 1.80. The van der Waals surface area contributed by atoms with Crippen LogP contribution in [-0.4, -0.2) is 42.4 Å². The highest BCUT2D eigenvalue weighted by atomic mass is 32.2. The number of hydrogen-bond donors (Lipinski definition) is 3. The largest absolute Gasteiger partial charge is 0.393 e. The summed E-state index contributed by atoms with van der Waals surface area (Å²) in [5.74, 6) is -0.338. The zero-order chi connectivity index (χ0) is 21.0. The number of nitrogens with one attached hydrogen (secondary N) is 1. The molecule has 0 fully saturated rings. The Morgan fingerprint density at radius 2 is 1.93 bits per heavy atom. The Kier molecular flexibility index (Phi) is 6.84. The summed E-state index contributed by atoms with van der Waals surface area (Å²) in [6, 6.07) is 6.42. The fraction of sp³-hybridized carbons (Fsp3) is 0.400. The van der Waals surface area contributed by atoms with Crippen LogP contribution in [0.25, 0.3) is 0 Å². The summed E-state index contributed by atoms with van der Waals surface area (Å²) >= 11 is 1.18. The third-order valence-electron chi connectivity index (χ3n) is 4.97. The molecule has 1 aliphatic rings. The van der Waals surface area contributed by atoms with Crippen LogP contribution in [0.4, 0.5) is 5.13 Å². The summed E-state index contributed by atoms with van der Waals surface area (Å²) in [5.41, 5.74) is 1.05. The highest BCUT2D eigenvalue weighted by Gasteiger charge is 2.26. The molecule has 0 saturated heterocycles. The number of anilines is 1. The Labute approximate surface area is 174 Å². The van der Waals surface area contributed by atoms with Crippen LogP contribution in [0.5, 0.6) is 0 Å². The molecule has 2 aromatic rings. The first kappa shape index (κ1) is 21.6. The van der Waals surface area contributed by atoms with E-state index in [9.17, 15) is 18.3 Å². The molecule has 2 unspecified atom stereocenters. The van der Waals surface area contributed by atoms with Gasteiger partial charge in [-0.1, -0.05) is 24.3 Å². The number of allylic oxidation sites excluding steroid dienone is 2. The quantitative estimate of drug-likeness (QED) is 0.548. The average molecular weight is 437 g/mol. The van der Waals surface area contributed by atoms with Gasteiger partial charge in [0, 0.05) is 11.6 Å². The van der Waals surface area contributed by atoms with Crippen molar-refractivity contribution in [1.29, 1.82) is 0 Å². The summed E-state index contributed by atoms with van der Waals surface area (Å²) in [4.78, 5) is 17.4. The molecule has 1 amide bonds. The fourth-order valence-corrected chi connectivity index (χ4v) is 4.71. The van der Waals surface area contributed by atoms with Gasteiger partial charge in [-0.15, -0.1) is 11.3 Å². The van der Waals surface area contributed by atoms with E-state index < -0.39 is 28.5 Å². The molecule has 156 valence electrons. The van der Waals surface area contributed by atoms with Crippen LogP contribution in [0, 0.1) is 5.92 Å². The van der Waals surface area contributed by atoms with Crippen LogP contribution in [0.2, 0.25) is 0 Å². The second-order valence-corrected chi connectivity index (χ2v) is 10.1. The van der Waals surface area contributed by atoms with Crippen molar-refractivity contribution in [2.45, 2.75) is 36.2 Å². The third-order valence-corrected chi connectivity index (χ3v) is 6.87. The Morgan fingerprint density at radius 3 is 2.52 bits per heavy atom. The molecule has 1 heterocycles. The smallest absolute Gasteiger partial charge is 0.233 e. The van der Waals surface area contributed by atoms with Crippen molar-refractivity contribution in [2.75, 3.05) is 18.2 Å². The predicted molar refractivity (Wildman–Crippen MR) is 112 cm³/mol. The number of sulfone groups is 1. The number of nitrogens with zero attached hydrogens (tertiary/aromatic N) is 1. The van der Waals surface area contributed by atoms with Gasteiger partial charge in [0.1, 0.15) is 6.10 Å². The molecule has 0 aliphatic heterocycles. The first-order chi connectivity index (χ1) is 13.8. The Bertz CT molecular complexity index is 975. The Hall–Kier alpha value is -2.07. The minimum absolute atomic E-state index is 0.213. The van der Waals surface area contributed by atoms with Crippen LogP contribution in [-0.2, 0) is 14.6 Å². The molecule has 9 heteroatoms. The van der Waals surface area contributed by atoms with Gasteiger partial charge in [-0.3, -0.25) is 4.79 Å². The van der Waals surface area contributed by atoms with Crippen molar-refractivity contribution in [2.24, 2.45) is 5.92 Å². The number of thiazole rings is 1. The lowest BCUT2D eigenvalue weighted by atomic mass is 9.87. The Morgan fingerprint density at radius 1 is 1.28 bits per heavy atom. The molecule has 0 bridgehead atoms. The summed E-state index contributed by atoms with van der Waals surface area (Å²) in [7, 11) is -3.31. The van der Waals surface area contributed by atoms with E-state index in [1.807, 2.05) is 0 Å². The number of carbonyl (C=O) groups is 1. The SMILES string of the molecule is CS(=O)(=O)c1ccc(C(CC2CC=CC2)C(=O)Nc2nc(C(O)CO)cs2)cc1. The molecule has 0 saturated carbocycles. The first-order valence-corrected chi connectivity index (χ1v) is 12.0. The van der Waals surface area contributed by atoms with Gasteiger partial charge in [0.2, 0.25) is 5.91 Å². The second-order valence-electron chi connectivity index (χ2n) is 7.20. The maximum atomic E-state index is 13.0. The first-order valence-electron chi connectivity index (χ1n) is 9.28. The van der Waals surface area contributed by atoms with Gasteiger partial charge in [0.15, 0.2) is 15.0 Å². The minimum Gasteiger partial charge on any atom is -0.393 e. The van der Waals surface area contributed by atoms with Crippen molar-refractivity contribution in [3.05, 3.63) is 53.1 Å². The number of carbonyl (C=O) groups excluding carboxylic acids is 1. The van der Waals surface area contributed by atoms with E-state index in [1.165, 1.54) is 23.5 Å². The van der Waals surface area contributed by atoms with E-state index in [0.717, 1.165) is 24.7 Å². The normalized spacial score (nSPS) is 16.7. The van der Waals surface area contributed by atoms with Crippen LogP contribution < -0.4 is 5.32 Å². The minimum atomic E-state index is -3.31. The zero-order valence-electron chi connectivity index (χ0n) is 16.0. The maximum absolute atomic E-state index is 13.0. The topological polar surface area (TPSA) is 117 Å². The van der Waals surface area contributed by atoms with Gasteiger partial charge in [0.25, 0.3) is 0 Å². The zero-order valence-corrected chi connectivity index (χ0v) is 17.6. The number of amides is 1. The molecule has 7 nitrogen and oxygen atoms in total. The van der Waals surface area contributed by atoms with Crippen molar-refractivity contribution >= 4 is 32.2 Å². The van der Waals surface area contributed by atoms with E-state index in [4.69, 9.17) is 5.11 Å². The summed E-state index contributed by atoms with van der Waals surface area (Å²) in [5, 5.41) is 23.4. The summed E-state index contributed by atoms with van der Waals surface area (Å²) < 4.78 is 23.4. The summed E-state index contributed by atoms with van der Waals surface area (Å²) in [6.45, 7) is -0.443. The van der Waals surface area contributed by atoms with E-state index >= 15 is 0 Å². The third kappa shape index (κ3) is 5.51. The van der Waals surface area contributed by atoms with Crippen molar-refractivity contribution in [1.82, 2.24) is 4.98 Å². The fourth-order valence-electron chi connectivity index (χ4n) is 3.32. The van der Waals surface area contributed by atoms with E-state index in [-0.39, 0.29) is 10.8 Å². The number of benzene rings is 1. The van der Waals surface area contributed by atoms with Gasteiger partial charge in [-0.2, -0.15) is 0 Å². The molecule has 29 heavy (non-hydrogen) atoms. The average Bonchev–Trinajstić information content (AvgIpc) is 3.37. The maximum Gasteiger partial charge on any atom is 0.233 e. The van der Waals surface area contributed by atoms with Crippen LogP contribution in [0.15, 0.2) is 46.7 Å². The van der Waals surface area contributed by atoms with Crippen LogP contribution in [0.1, 0.15) is 42.5 Å². The second kappa shape index (κ2) is 9.17. The number of rotatable bonds is 8. The number of aromatic nitrogens is 1. The molecule has 3 rings (SSSR count). The standard InChI is InChI=1S/C20H24N2O5S2/c1-29(26,27)15-8-6-14(7-9-15)16(10-13-4-2-3-5-13)19(25)22-20-21-17(12-28-20)18(24)11-23/h2-3,6-9,12-13,16,18,23-24H,4-5,10-11H2,1H3,(H,21,22,25). The molecule has 0 radical (unpaired) electrons. The lowest BCUT2D eigenvalue weighted by Gasteiger charge is -2.20. The van der Waals surface area contributed by atoms with Gasteiger partial charge >= 0.3 is 0 Å². The molecule has 1 aliphatic carbocycles. The van der Waals surface area contributed by atoms with E-state index in [2.05, 4.69) is 22.5 Å². The van der Waals surface area contributed by atoms with E-state index in [1.54, 1.807) is 17.5 Å². The van der Waals surface area contributed by atoms with Crippen LogP contribution >= 0.6 is 11.3 Å². The molecule has 2 atom stereocenters. The highest BCUT2D eigenvalue weighted by Crippen LogP contribution is 2.33. The molecule has 1 aromatic heterocycles. The number of aliphatic hydroxyl groups excluding tert-OH is 2. The van der Waals surface area contributed by atoms with Gasteiger partial charge in [0.05, 0.1) is 23.1 Å². The van der Waals surface area contributed by atoms with Crippen LogP contribution in [0.3, 0.4) is 0 Å². The lowest BCUT2D eigenvalue weighted by Crippen LogP contribution is -2.23.